The van der Waals surface area contributed by atoms with Gasteiger partial charge in [-0.1, -0.05) is 12.1 Å². The highest BCUT2D eigenvalue weighted by Gasteiger charge is 2.24. The first-order valence-corrected chi connectivity index (χ1v) is 9.28. The molecule has 0 bridgehead atoms. The van der Waals surface area contributed by atoms with Gasteiger partial charge in [0.25, 0.3) is 0 Å². The first kappa shape index (κ1) is 21.2. The highest BCUT2D eigenvalue weighted by molar-refractivity contribution is 6.17. The van der Waals surface area contributed by atoms with Gasteiger partial charge in [0.2, 0.25) is 5.88 Å². The third-order valence-electron chi connectivity index (χ3n) is 4.72. The summed E-state index contributed by atoms with van der Waals surface area (Å²) in [6, 6.07) is 5.89. The molecule has 1 amide bonds. The van der Waals surface area contributed by atoms with E-state index < -0.39 is 35.1 Å². The van der Waals surface area contributed by atoms with Crippen molar-refractivity contribution in [2.75, 3.05) is 6.61 Å². The fraction of sp³-hybridized carbons (Fsp3) is 0.227. The van der Waals surface area contributed by atoms with Gasteiger partial charge >= 0.3 is 6.09 Å². The molecule has 30 heavy (non-hydrogen) atoms. The van der Waals surface area contributed by atoms with Gasteiger partial charge in [-0.2, -0.15) is 0 Å². The van der Waals surface area contributed by atoms with Crippen LogP contribution in [0.2, 0.25) is 0 Å². The molecule has 3 aromatic rings. The summed E-state index contributed by atoms with van der Waals surface area (Å²) in [6.45, 7) is 5.36. The highest BCUT2D eigenvalue weighted by Crippen LogP contribution is 2.31. The van der Waals surface area contributed by atoms with Gasteiger partial charge in [-0.25, -0.2) is 18.6 Å². The van der Waals surface area contributed by atoms with Crippen molar-refractivity contribution >= 4 is 22.6 Å². The van der Waals surface area contributed by atoms with E-state index in [0.717, 1.165) is 12.1 Å². The summed E-state index contributed by atoms with van der Waals surface area (Å²) in [5.41, 5.74) is 0.147. The molecule has 0 unspecified atom stereocenters. The summed E-state index contributed by atoms with van der Waals surface area (Å²) in [5, 5.41) is 12.0. The number of carboxylic acid groups (broad SMARTS) is 1. The van der Waals surface area contributed by atoms with Crippen LogP contribution < -0.4 is 10.1 Å². The molecule has 0 aliphatic carbocycles. The molecule has 1 atom stereocenters. The van der Waals surface area contributed by atoms with E-state index in [1.807, 2.05) is 0 Å². The van der Waals surface area contributed by atoms with Crippen LogP contribution in [0.5, 0.6) is 5.88 Å². The van der Waals surface area contributed by atoms with Crippen LogP contribution in [-0.4, -0.2) is 28.6 Å². The van der Waals surface area contributed by atoms with E-state index in [0.29, 0.717) is 28.8 Å². The molecule has 0 aliphatic heterocycles. The molecule has 0 aliphatic rings. The van der Waals surface area contributed by atoms with Crippen LogP contribution in [0.4, 0.5) is 13.6 Å². The lowest BCUT2D eigenvalue weighted by Gasteiger charge is -2.15. The molecule has 2 aromatic carbocycles. The van der Waals surface area contributed by atoms with Gasteiger partial charge in [0.15, 0.2) is 5.78 Å². The van der Waals surface area contributed by atoms with Crippen LogP contribution in [0.25, 0.3) is 10.8 Å². The van der Waals surface area contributed by atoms with Crippen LogP contribution in [0.3, 0.4) is 0 Å². The van der Waals surface area contributed by atoms with Crippen molar-refractivity contribution in [1.82, 2.24) is 10.3 Å². The summed E-state index contributed by atoms with van der Waals surface area (Å²) in [4.78, 5) is 28.1. The minimum absolute atomic E-state index is 0.0703. The monoisotopic (exact) mass is 414 g/mol. The van der Waals surface area contributed by atoms with Crippen molar-refractivity contribution in [3.8, 4) is 5.88 Å². The summed E-state index contributed by atoms with van der Waals surface area (Å²) >= 11 is 0. The van der Waals surface area contributed by atoms with Gasteiger partial charge in [-0.15, -0.1) is 0 Å². The second-order valence-corrected chi connectivity index (χ2v) is 6.77. The Bertz CT molecular complexity index is 1120. The van der Waals surface area contributed by atoms with Gasteiger partial charge in [-0.05, 0) is 50.1 Å². The van der Waals surface area contributed by atoms with Crippen molar-refractivity contribution in [2.24, 2.45) is 0 Å². The number of rotatable bonds is 6. The normalized spacial score (nSPS) is 11.9. The van der Waals surface area contributed by atoms with Gasteiger partial charge in [-0.3, -0.25) is 4.79 Å². The number of nitrogens with one attached hydrogen (secondary N) is 1. The van der Waals surface area contributed by atoms with Crippen molar-refractivity contribution in [2.45, 2.75) is 26.8 Å². The minimum atomic E-state index is -1.33. The van der Waals surface area contributed by atoms with E-state index in [4.69, 9.17) is 9.84 Å². The molecule has 0 radical (unpaired) electrons. The second kappa shape index (κ2) is 8.44. The number of aromatic nitrogens is 1. The SMILES string of the molecule is CCOc1ncc(C)c2c(C(=O)c3c(F)cc([C@@H](C)NC(=O)O)cc3F)cccc12. The van der Waals surface area contributed by atoms with Gasteiger partial charge in [0, 0.05) is 22.5 Å². The van der Waals surface area contributed by atoms with E-state index in [2.05, 4.69) is 10.3 Å². The summed E-state index contributed by atoms with van der Waals surface area (Å²) in [5.74, 6) is -2.62. The number of pyridine rings is 1. The Balaban J connectivity index is 2.13. The third kappa shape index (κ3) is 3.94. The molecule has 0 saturated heterocycles. The fourth-order valence-electron chi connectivity index (χ4n) is 3.35. The maximum absolute atomic E-state index is 14.8. The molecular formula is C22H20F2N2O4. The number of fused-ring (bicyclic) bond motifs is 1. The van der Waals surface area contributed by atoms with Gasteiger partial charge in [0.05, 0.1) is 18.2 Å². The first-order valence-electron chi connectivity index (χ1n) is 9.28. The van der Waals surface area contributed by atoms with E-state index in [-0.39, 0.29) is 11.1 Å². The quantitative estimate of drug-likeness (QED) is 0.567. The number of ketones is 1. The number of carbonyl (C=O) groups excluding carboxylic acids is 1. The van der Waals surface area contributed by atoms with E-state index in [1.54, 1.807) is 32.2 Å². The van der Waals surface area contributed by atoms with Crippen LogP contribution in [-0.2, 0) is 0 Å². The minimum Gasteiger partial charge on any atom is -0.478 e. The lowest BCUT2D eigenvalue weighted by molar-refractivity contribution is 0.103. The standard InChI is InChI=1S/C22H20F2N2O4/c1-4-30-21-15-7-5-6-14(18(15)11(2)10-25-21)20(27)19-16(23)8-13(9-17(19)24)12(3)26-22(28)29/h5-10,12,26H,4H2,1-3H3,(H,28,29)/t12-/m1/s1. The number of hydrogen-bond donors (Lipinski definition) is 2. The molecule has 0 fully saturated rings. The first-order chi connectivity index (χ1) is 14.2. The molecule has 156 valence electrons. The number of amides is 1. The van der Waals surface area contributed by atoms with Crippen molar-refractivity contribution < 1.29 is 28.2 Å². The fourth-order valence-corrected chi connectivity index (χ4v) is 3.35. The highest BCUT2D eigenvalue weighted by atomic mass is 19.1. The van der Waals surface area contributed by atoms with Crippen LogP contribution in [0, 0.1) is 18.6 Å². The Morgan fingerprint density at radius 3 is 2.50 bits per heavy atom. The summed E-state index contributed by atoms with van der Waals surface area (Å²) < 4.78 is 35.1. The Hall–Kier alpha value is -3.55. The van der Waals surface area contributed by atoms with Gasteiger partial charge < -0.3 is 15.2 Å². The summed E-state index contributed by atoms with van der Waals surface area (Å²) in [7, 11) is 0. The van der Waals surface area contributed by atoms with Crippen molar-refractivity contribution in [3.63, 3.8) is 0 Å². The zero-order valence-corrected chi connectivity index (χ0v) is 16.6. The Morgan fingerprint density at radius 2 is 1.90 bits per heavy atom. The molecule has 8 heteroatoms. The van der Waals surface area contributed by atoms with E-state index in [9.17, 15) is 18.4 Å². The van der Waals surface area contributed by atoms with Crippen LogP contribution in [0.15, 0.2) is 36.5 Å². The van der Waals surface area contributed by atoms with Crippen molar-refractivity contribution in [3.05, 3.63) is 70.4 Å². The number of aryl methyl sites for hydroxylation is 1. The van der Waals surface area contributed by atoms with Crippen molar-refractivity contribution in [1.29, 1.82) is 0 Å². The number of nitrogens with zero attached hydrogens (tertiary/aromatic N) is 1. The van der Waals surface area contributed by atoms with Crippen LogP contribution in [0.1, 0.15) is 46.9 Å². The average Bonchev–Trinajstić information content (AvgIpc) is 2.68. The second-order valence-electron chi connectivity index (χ2n) is 6.77. The Morgan fingerprint density at radius 1 is 1.23 bits per heavy atom. The Labute approximate surface area is 171 Å². The lowest BCUT2D eigenvalue weighted by atomic mass is 9.94. The predicted octanol–water partition coefficient (Wildman–Crippen LogP) is 4.78. The zero-order chi connectivity index (χ0) is 22.0. The lowest BCUT2D eigenvalue weighted by Crippen LogP contribution is -2.25. The van der Waals surface area contributed by atoms with Gasteiger partial charge in [0.1, 0.15) is 11.6 Å². The topological polar surface area (TPSA) is 88.5 Å². The maximum Gasteiger partial charge on any atom is 0.405 e. The Kier molecular flexibility index (Phi) is 5.96. The molecule has 0 saturated carbocycles. The molecule has 0 spiro atoms. The number of hydrogen-bond acceptors (Lipinski definition) is 4. The number of carbonyl (C=O) groups is 2. The molecule has 1 aromatic heterocycles. The average molecular weight is 414 g/mol. The molecular weight excluding hydrogens is 394 g/mol. The number of benzene rings is 2. The summed E-state index contributed by atoms with van der Waals surface area (Å²) in [6.07, 6.45) is 0.215. The zero-order valence-electron chi connectivity index (χ0n) is 16.6. The number of ether oxygens (including phenoxy) is 1. The molecule has 6 nitrogen and oxygen atoms in total. The number of halogens is 2. The smallest absolute Gasteiger partial charge is 0.405 e. The van der Waals surface area contributed by atoms with E-state index in [1.165, 1.54) is 13.0 Å². The maximum atomic E-state index is 14.8. The third-order valence-corrected chi connectivity index (χ3v) is 4.72. The largest absolute Gasteiger partial charge is 0.478 e. The molecule has 2 N–H and O–H groups in total. The van der Waals surface area contributed by atoms with Crippen LogP contribution >= 0.6 is 0 Å². The molecule has 3 rings (SSSR count). The van der Waals surface area contributed by atoms with E-state index >= 15 is 0 Å². The predicted molar refractivity (Wildman–Crippen MR) is 107 cm³/mol. The molecule has 1 heterocycles.